The van der Waals surface area contributed by atoms with Crippen molar-refractivity contribution in [3.8, 4) is 0 Å². The summed E-state index contributed by atoms with van der Waals surface area (Å²) in [6.07, 6.45) is 4.05. The molecule has 0 saturated carbocycles. The molecule has 29 heavy (non-hydrogen) atoms. The Kier molecular flexibility index (Phi) is 12.7. The number of rotatable bonds is 13. The highest BCUT2D eigenvalue weighted by Gasteiger charge is 2.28. The topological polar surface area (TPSA) is 125 Å². The second kappa shape index (κ2) is 14.1. The summed E-state index contributed by atoms with van der Waals surface area (Å²) in [5.41, 5.74) is 6.15. The van der Waals surface area contributed by atoms with Gasteiger partial charge >= 0.3 is 7.12 Å². The van der Waals surface area contributed by atoms with Gasteiger partial charge in [0.2, 0.25) is 11.8 Å². The Bertz CT molecular complexity index is 650. The highest BCUT2D eigenvalue weighted by Crippen LogP contribution is 2.19. The molecule has 11 heteroatoms. The van der Waals surface area contributed by atoms with Crippen LogP contribution < -0.4 is 16.4 Å². The average molecular weight is 464 g/mol. The van der Waals surface area contributed by atoms with Gasteiger partial charge in [-0.2, -0.15) is 11.8 Å². The molecule has 1 aromatic rings. The first kappa shape index (κ1) is 26.1. The summed E-state index contributed by atoms with van der Waals surface area (Å²) in [7, 11) is -1.68. The molecule has 1 rings (SSSR count). The molecule has 0 unspecified atom stereocenters. The van der Waals surface area contributed by atoms with E-state index in [1.54, 1.807) is 18.2 Å². The number of hydrogen-bond donors (Lipinski definition) is 5. The average Bonchev–Trinajstić information content (AvgIpc) is 2.63. The molecule has 0 bridgehead atoms. The molecule has 0 aliphatic rings. The van der Waals surface area contributed by atoms with E-state index < -0.39 is 25.0 Å². The van der Waals surface area contributed by atoms with Gasteiger partial charge in [0, 0.05) is 10.0 Å². The molecule has 7 nitrogen and oxygen atoms in total. The predicted molar refractivity (Wildman–Crippen MR) is 120 cm³/mol. The predicted octanol–water partition coefficient (Wildman–Crippen LogP) is 1.40. The van der Waals surface area contributed by atoms with Crippen LogP contribution in [-0.2, 0) is 16.0 Å². The number of carbonyl (C=O) groups excluding carboxylic acids is 2. The summed E-state index contributed by atoms with van der Waals surface area (Å²) in [4.78, 5) is 25.2. The lowest BCUT2D eigenvalue weighted by molar-refractivity contribution is -0.129. The summed E-state index contributed by atoms with van der Waals surface area (Å²) in [6, 6.07) is 4.04. The van der Waals surface area contributed by atoms with Gasteiger partial charge in [-0.15, -0.1) is 0 Å². The van der Waals surface area contributed by atoms with Crippen molar-refractivity contribution >= 4 is 53.9 Å². The summed E-state index contributed by atoms with van der Waals surface area (Å²) in [5, 5.41) is 25.2. The van der Waals surface area contributed by atoms with Crippen LogP contribution in [0.2, 0.25) is 10.0 Å². The van der Waals surface area contributed by atoms with Crippen LogP contribution in [0, 0.1) is 0 Å². The minimum Gasteiger partial charge on any atom is -0.426 e. The zero-order valence-corrected chi connectivity index (χ0v) is 18.7. The zero-order chi connectivity index (χ0) is 21.8. The second-order valence-electron chi connectivity index (χ2n) is 6.67. The summed E-state index contributed by atoms with van der Waals surface area (Å²) in [5.74, 6) is -0.974. The van der Waals surface area contributed by atoms with Crippen LogP contribution in [-0.4, -0.2) is 59.5 Å². The van der Waals surface area contributed by atoms with E-state index in [1.165, 1.54) is 11.8 Å². The maximum absolute atomic E-state index is 12.7. The Hall–Kier alpha value is -0.965. The van der Waals surface area contributed by atoms with Gasteiger partial charge in [0.1, 0.15) is 6.04 Å². The number of nitrogens with two attached hydrogens (primary N) is 1. The molecule has 0 aliphatic carbocycles. The number of carbonyl (C=O) groups is 2. The number of thioether (sulfide) groups is 1. The minimum absolute atomic E-state index is 0.0134. The van der Waals surface area contributed by atoms with Gasteiger partial charge in [0.15, 0.2) is 0 Å². The highest BCUT2D eigenvalue weighted by molar-refractivity contribution is 7.98. The Labute approximate surface area is 186 Å². The lowest BCUT2D eigenvalue weighted by Gasteiger charge is -2.23. The number of halogens is 2. The molecular formula is C18H28BCl2N3O4S. The van der Waals surface area contributed by atoms with E-state index in [9.17, 15) is 19.6 Å². The third kappa shape index (κ3) is 10.6. The molecule has 0 aromatic heterocycles. The Balaban J connectivity index is 2.78. The van der Waals surface area contributed by atoms with Crippen LogP contribution >= 0.6 is 35.0 Å². The number of nitrogens with one attached hydrogen (secondary N) is 2. The first-order valence-electron chi connectivity index (χ1n) is 9.36. The van der Waals surface area contributed by atoms with Gasteiger partial charge in [-0.3, -0.25) is 9.59 Å². The van der Waals surface area contributed by atoms with E-state index in [1.807, 2.05) is 6.26 Å². The van der Waals surface area contributed by atoms with Crippen LogP contribution in [0.4, 0.5) is 0 Å². The van der Waals surface area contributed by atoms with Crippen LogP contribution in [0.15, 0.2) is 18.2 Å². The molecule has 2 atom stereocenters. The molecule has 1 aromatic carbocycles. The van der Waals surface area contributed by atoms with E-state index in [2.05, 4.69) is 10.6 Å². The minimum atomic E-state index is -1.68. The van der Waals surface area contributed by atoms with Gasteiger partial charge in [-0.1, -0.05) is 23.2 Å². The van der Waals surface area contributed by atoms with Crippen LogP contribution in [0.3, 0.4) is 0 Å². The first-order chi connectivity index (χ1) is 13.8. The van der Waals surface area contributed by atoms with Crippen molar-refractivity contribution in [1.82, 2.24) is 10.6 Å². The number of hydrogen-bond acceptors (Lipinski definition) is 6. The van der Waals surface area contributed by atoms with Crippen molar-refractivity contribution < 1.29 is 19.6 Å². The SMILES string of the molecule is CSCC[C@H](NC(=O)[C@H](CCCCN)NC(=O)Cc1cc(Cl)cc(Cl)c1)B(O)O. The fourth-order valence-corrected chi connectivity index (χ4v) is 3.79. The number of unbranched alkanes of at least 4 members (excludes halogenated alkanes) is 1. The van der Waals surface area contributed by atoms with Gasteiger partial charge < -0.3 is 26.4 Å². The smallest absolute Gasteiger partial charge is 0.426 e. The van der Waals surface area contributed by atoms with Crippen molar-refractivity contribution in [2.24, 2.45) is 5.73 Å². The Morgan fingerprint density at radius 1 is 1.14 bits per heavy atom. The van der Waals surface area contributed by atoms with E-state index in [0.717, 1.165) is 0 Å². The molecule has 0 aliphatic heterocycles. The lowest BCUT2D eigenvalue weighted by Crippen LogP contribution is -2.54. The molecular weight excluding hydrogens is 436 g/mol. The summed E-state index contributed by atoms with van der Waals surface area (Å²) >= 11 is 13.5. The lowest BCUT2D eigenvalue weighted by atomic mass is 9.77. The molecule has 0 fully saturated rings. The molecule has 0 radical (unpaired) electrons. The largest absolute Gasteiger partial charge is 0.475 e. The summed E-state index contributed by atoms with van der Waals surface area (Å²) in [6.45, 7) is 0.481. The molecule has 162 valence electrons. The van der Waals surface area contributed by atoms with Crippen molar-refractivity contribution in [3.05, 3.63) is 33.8 Å². The van der Waals surface area contributed by atoms with Crippen molar-refractivity contribution in [2.45, 2.75) is 44.1 Å². The third-order valence-corrected chi connectivity index (χ3v) is 5.29. The monoisotopic (exact) mass is 463 g/mol. The summed E-state index contributed by atoms with van der Waals surface area (Å²) < 4.78 is 0. The normalized spacial score (nSPS) is 12.9. The van der Waals surface area contributed by atoms with Crippen molar-refractivity contribution in [3.63, 3.8) is 0 Å². The Morgan fingerprint density at radius 3 is 2.34 bits per heavy atom. The van der Waals surface area contributed by atoms with Crippen LogP contribution in [0.1, 0.15) is 31.2 Å². The number of benzene rings is 1. The van der Waals surface area contributed by atoms with Gasteiger partial charge in [-0.05, 0) is 68.0 Å². The molecule has 6 N–H and O–H groups in total. The fourth-order valence-electron chi connectivity index (χ4n) is 2.73. The van der Waals surface area contributed by atoms with Gasteiger partial charge in [0.25, 0.3) is 0 Å². The fraction of sp³-hybridized carbons (Fsp3) is 0.556. The standard InChI is InChI=1S/C18H28BCl2N3O4S/c1-29-7-5-16(19(27)28)24-18(26)15(4-2-3-6-22)23-17(25)10-12-8-13(20)11-14(21)9-12/h8-9,11,15-16,27-28H,2-7,10,22H2,1H3,(H,23,25)(H,24,26)/t15-,16-/m0/s1. The quantitative estimate of drug-likeness (QED) is 0.222. The second-order valence-corrected chi connectivity index (χ2v) is 8.53. The van der Waals surface area contributed by atoms with E-state index in [0.29, 0.717) is 53.6 Å². The van der Waals surface area contributed by atoms with Gasteiger partial charge in [-0.25, -0.2) is 0 Å². The van der Waals surface area contributed by atoms with E-state index in [4.69, 9.17) is 28.9 Å². The van der Waals surface area contributed by atoms with Crippen LogP contribution in [0.25, 0.3) is 0 Å². The van der Waals surface area contributed by atoms with Crippen LogP contribution in [0.5, 0.6) is 0 Å². The third-order valence-electron chi connectivity index (χ3n) is 4.21. The molecule has 0 heterocycles. The van der Waals surface area contributed by atoms with Crippen molar-refractivity contribution in [1.29, 1.82) is 0 Å². The number of amides is 2. The molecule has 2 amide bonds. The Morgan fingerprint density at radius 2 is 1.79 bits per heavy atom. The zero-order valence-electron chi connectivity index (χ0n) is 16.4. The molecule has 0 spiro atoms. The van der Waals surface area contributed by atoms with Gasteiger partial charge in [0.05, 0.1) is 12.4 Å². The first-order valence-corrected chi connectivity index (χ1v) is 11.5. The maximum atomic E-state index is 12.7. The highest BCUT2D eigenvalue weighted by atomic mass is 35.5. The maximum Gasteiger partial charge on any atom is 0.475 e. The van der Waals surface area contributed by atoms with Crippen molar-refractivity contribution in [2.75, 3.05) is 18.6 Å². The van der Waals surface area contributed by atoms with E-state index in [-0.39, 0.29) is 12.3 Å². The molecule has 0 saturated heterocycles. The van der Waals surface area contributed by atoms with E-state index >= 15 is 0 Å².